The fourth-order valence-corrected chi connectivity index (χ4v) is 4.16. The second-order valence-corrected chi connectivity index (χ2v) is 7.16. The predicted molar refractivity (Wildman–Crippen MR) is 87.6 cm³/mol. The molecule has 1 N–H and O–H groups in total. The van der Waals surface area contributed by atoms with Gasteiger partial charge in [0.15, 0.2) is 0 Å². The summed E-state index contributed by atoms with van der Waals surface area (Å²) in [6.07, 6.45) is 3.10. The molecule has 2 heterocycles. The first-order valence-electron chi connectivity index (χ1n) is 7.95. The van der Waals surface area contributed by atoms with Crippen LogP contribution in [0.1, 0.15) is 38.2 Å². The minimum atomic E-state index is -0.354. The lowest BCUT2D eigenvalue weighted by Gasteiger charge is -2.30. The molecule has 1 saturated heterocycles. The highest BCUT2D eigenvalue weighted by Gasteiger charge is 2.31. The van der Waals surface area contributed by atoms with Crippen LogP contribution in [0.25, 0.3) is 0 Å². The van der Waals surface area contributed by atoms with Crippen LogP contribution in [0.3, 0.4) is 0 Å². The molecule has 1 aromatic rings. The maximum Gasteiger partial charge on any atom is 0.245 e. The highest BCUT2D eigenvalue weighted by atomic mass is 32.2. The van der Waals surface area contributed by atoms with Crippen LogP contribution in [0.4, 0.5) is 0 Å². The summed E-state index contributed by atoms with van der Waals surface area (Å²) in [5.74, 6) is 0.969. The average molecular weight is 318 g/mol. The van der Waals surface area contributed by atoms with Gasteiger partial charge in [-0.05, 0) is 31.4 Å². The molecule has 0 unspecified atom stereocenters. The highest BCUT2D eigenvalue weighted by Crippen LogP contribution is 2.30. The molecule has 2 amide bonds. The summed E-state index contributed by atoms with van der Waals surface area (Å²) in [5, 5.41) is 2.90. The van der Waals surface area contributed by atoms with E-state index >= 15 is 0 Å². The van der Waals surface area contributed by atoms with Crippen LogP contribution in [0.2, 0.25) is 0 Å². The number of fused-ring (bicyclic) bond motifs is 1. The first-order chi connectivity index (χ1) is 10.6. The van der Waals surface area contributed by atoms with Crippen molar-refractivity contribution in [1.29, 1.82) is 0 Å². The Labute approximate surface area is 135 Å². The van der Waals surface area contributed by atoms with Crippen LogP contribution in [-0.2, 0) is 16.1 Å². The molecule has 118 valence electrons. The second-order valence-electron chi connectivity index (χ2n) is 6.10. The maximum atomic E-state index is 12.9. The molecule has 0 aliphatic carbocycles. The van der Waals surface area contributed by atoms with Gasteiger partial charge in [0.05, 0.1) is 0 Å². The van der Waals surface area contributed by atoms with Crippen molar-refractivity contribution in [2.75, 3.05) is 5.75 Å². The summed E-state index contributed by atoms with van der Waals surface area (Å²) in [5.41, 5.74) is 1.20. The van der Waals surface area contributed by atoms with Gasteiger partial charge in [-0.3, -0.25) is 9.59 Å². The fourth-order valence-electron chi connectivity index (χ4n) is 3.07. The van der Waals surface area contributed by atoms with Crippen LogP contribution in [-0.4, -0.2) is 34.6 Å². The van der Waals surface area contributed by atoms with E-state index in [1.165, 1.54) is 10.5 Å². The number of hydrogen-bond donors (Lipinski definition) is 1. The van der Waals surface area contributed by atoms with Crippen LogP contribution in [0.15, 0.2) is 29.2 Å². The third kappa shape index (κ3) is 3.29. The summed E-state index contributed by atoms with van der Waals surface area (Å²) in [6, 6.07) is 8.09. The van der Waals surface area contributed by atoms with Crippen LogP contribution < -0.4 is 5.32 Å². The molecule has 2 aliphatic heterocycles. The van der Waals surface area contributed by atoms with Crippen LogP contribution >= 0.6 is 11.8 Å². The van der Waals surface area contributed by atoms with Gasteiger partial charge in [0, 0.05) is 29.7 Å². The van der Waals surface area contributed by atoms with Gasteiger partial charge in [-0.15, -0.1) is 11.8 Å². The average Bonchev–Trinajstić information content (AvgIpc) is 2.83. The Kier molecular flexibility index (Phi) is 4.71. The molecule has 0 aromatic heterocycles. The zero-order valence-corrected chi connectivity index (χ0v) is 13.7. The summed E-state index contributed by atoms with van der Waals surface area (Å²) in [4.78, 5) is 27.9. The SMILES string of the molecule is C[C@@H]1CSc2ccccc2CN1C(=O)[C@H]1CCCCC(=O)N1. The second kappa shape index (κ2) is 6.73. The number of carbonyl (C=O) groups excluding carboxylic acids is 2. The summed E-state index contributed by atoms with van der Waals surface area (Å²) < 4.78 is 0. The topological polar surface area (TPSA) is 49.4 Å². The monoisotopic (exact) mass is 318 g/mol. The van der Waals surface area contributed by atoms with Gasteiger partial charge in [0.1, 0.15) is 6.04 Å². The standard InChI is InChI=1S/C17H22N2O2S/c1-12-11-22-15-8-4-2-6-13(15)10-19(12)17(21)14-7-3-5-9-16(20)18-14/h2,4,6,8,12,14H,3,5,7,9-11H2,1H3,(H,18,20)/t12-,14-/m1/s1. The number of carbonyl (C=O) groups is 2. The lowest BCUT2D eigenvalue weighted by atomic mass is 10.1. The molecule has 2 atom stereocenters. The van der Waals surface area contributed by atoms with Crippen molar-refractivity contribution in [3.05, 3.63) is 29.8 Å². The Morgan fingerprint density at radius 3 is 3.00 bits per heavy atom. The molecular weight excluding hydrogens is 296 g/mol. The molecule has 0 bridgehead atoms. The van der Waals surface area contributed by atoms with E-state index in [0.717, 1.165) is 25.0 Å². The van der Waals surface area contributed by atoms with Crippen LogP contribution in [0, 0.1) is 0 Å². The van der Waals surface area contributed by atoms with Crippen molar-refractivity contribution >= 4 is 23.6 Å². The zero-order chi connectivity index (χ0) is 15.5. The number of benzene rings is 1. The van der Waals surface area contributed by atoms with E-state index in [-0.39, 0.29) is 23.9 Å². The number of nitrogens with zero attached hydrogens (tertiary/aromatic N) is 1. The molecule has 1 fully saturated rings. The van der Waals surface area contributed by atoms with E-state index in [4.69, 9.17) is 0 Å². The van der Waals surface area contributed by atoms with E-state index < -0.39 is 0 Å². The third-order valence-electron chi connectivity index (χ3n) is 4.39. The van der Waals surface area contributed by atoms with Crippen molar-refractivity contribution in [3.63, 3.8) is 0 Å². The molecule has 3 rings (SSSR count). The van der Waals surface area contributed by atoms with Gasteiger partial charge in [-0.25, -0.2) is 0 Å². The van der Waals surface area contributed by atoms with E-state index in [0.29, 0.717) is 13.0 Å². The van der Waals surface area contributed by atoms with Crippen molar-refractivity contribution < 1.29 is 9.59 Å². The normalized spacial score (nSPS) is 25.7. The Balaban J connectivity index is 1.79. The van der Waals surface area contributed by atoms with E-state index in [1.54, 1.807) is 0 Å². The molecule has 1 aromatic carbocycles. The largest absolute Gasteiger partial charge is 0.344 e. The summed E-state index contributed by atoms with van der Waals surface area (Å²) in [6.45, 7) is 2.73. The van der Waals surface area contributed by atoms with Gasteiger partial charge < -0.3 is 10.2 Å². The van der Waals surface area contributed by atoms with Crippen molar-refractivity contribution in [2.45, 2.75) is 56.1 Å². The number of thioether (sulfide) groups is 1. The van der Waals surface area contributed by atoms with E-state index in [2.05, 4.69) is 24.4 Å². The van der Waals surface area contributed by atoms with Crippen LogP contribution in [0.5, 0.6) is 0 Å². The quantitative estimate of drug-likeness (QED) is 0.866. The minimum Gasteiger partial charge on any atom is -0.344 e. The zero-order valence-electron chi connectivity index (χ0n) is 12.9. The summed E-state index contributed by atoms with van der Waals surface area (Å²) in [7, 11) is 0. The first-order valence-corrected chi connectivity index (χ1v) is 8.94. The molecule has 22 heavy (non-hydrogen) atoms. The Morgan fingerprint density at radius 2 is 2.14 bits per heavy atom. The molecule has 0 spiro atoms. The van der Waals surface area contributed by atoms with Gasteiger partial charge in [0.2, 0.25) is 11.8 Å². The number of nitrogens with one attached hydrogen (secondary N) is 1. The molecule has 0 saturated carbocycles. The van der Waals surface area contributed by atoms with Gasteiger partial charge in [-0.1, -0.05) is 24.6 Å². The van der Waals surface area contributed by atoms with Crippen molar-refractivity contribution in [1.82, 2.24) is 10.2 Å². The molecule has 4 nitrogen and oxygen atoms in total. The highest BCUT2D eigenvalue weighted by molar-refractivity contribution is 7.99. The van der Waals surface area contributed by atoms with E-state index in [1.807, 2.05) is 28.8 Å². The first kappa shape index (κ1) is 15.4. The molecule has 0 radical (unpaired) electrons. The van der Waals surface area contributed by atoms with E-state index in [9.17, 15) is 9.59 Å². The lowest BCUT2D eigenvalue weighted by Crippen LogP contribution is -2.50. The molecule has 2 aliphatic rings. The number of rotatable bonds is 1. The fraction of sp³-hybridized carbons (Fsp3) is 0.529. The van der Waals surface area contributed by atoms with Gasteiger partial charge >= 0.3 is 0 Å². The Morgan fingerprint density at radius 1 is 1.32 bits per heavy atom. The Bertz CT molecular complexity index is 576. The Hall–Kier alpha value is -1.49. The minimum absolute atomic E-state index is 0.00750. The van der Waals surface area contributed by atoms with Crippen molar-refractivity contribution in [3.8, 4) is 0 Å². The number of amides is 2. The molecular formula is C17H22N2O2S. The third-order valence-corrected chi connectivity index (χ3v) is 5.75. The number of hydrogen-bond acceptors (Lipinski definition) is 3. The lowest BCUT2D eigenvalue weighted by molar-refractivity contribution is -0.138. The summed E-state index contributed by atoms with van der Waals surface area (Å²) >= 11 is 1.81. The predicted octanol–water partition coefficient (Wildman–Crippen LogP) is 2.57. The van der Waals surface area contributed by atoms with Gasteiger partial charge in [0.25, 0.3) is 0 Å². The van der Waals surface area contributed by atoms with Gasteiger partial charge in [-0.2, -0.15) is 0 Å². The maximum absolute atomic E-state index is 12.9. The smallest absolute Gasteiger partial charge is 0.245 e. The molecule has 5 heteroatoms. The van der Waals surface area contributed by atoms with Crippen molar-refractivity contribution in [2.24, 2.45) is 0 Å².